The number of rotatable bonds is 9. The number of carbonyl (C=O) groups is 1. The monoisotopic (exact) mass is 556 g/mol. The predicted molar refractivity (Wildman–Crippen MR) is 157 cm³/mol. The normalized spacial score (nSPS) is 15.8. The highest BCUT2D eigenvalue weighted by Gasteiger charge is 2.28. The summed E-state index contributed by atoms with van der Waals surface area (Å²) in [6.07, 6.45) is 6.39. The molecule has 1 heterocycles. The second kappa shape index (κ2) is 11.8. The van der Waals surface area contributed by atoms with Crippen LogP contribution >= 0.6 is 0 Å². The number of hydrogen-bond donors (Lipinski definition) is 1. The SMILES string of the molecule is Cc1ccc(S(=O)(=O)N[C@@H]2CCCc3ccc(N(Cc4nccn4C)C(=O)C[C@@H](C)c4ccccc4)cc32)cc1. The van der Waals surface area contributed by atoms with E-state index in [9.17, 15) is 13.2 Å². The highest BCUT2D eigenvalue weighted by atomic mass is 32.2. The van der Waals surface area contributed by atoms with Gasteiger partial charge in [0, 0.05) is 37.6 Å². The number of fused-ring (bicyclic) bond motifs is 1. The van der Waals surface area contributed by atoms with E-state index in [1.54, 1.807) is 35.4 Å². The molecule has 2 atom stereocenters. The fraction of sp³-hybridized carbons (Fsp3) is 0.312. The average molecular weight is 557 g/mol. The Hall–Kier alpha value is -3.75. The van der Waals surface area contributed by atoms with Gasteiger partial charge in [-0.15, -0.1) is 0 Å². The van der Waals surface area contributed by atoms with Crippen molar-refractivity contribution in [2.24, 2.45) is 7.05 Å². The number of imidazole rings is 1. The van der Waals surface area contributed by atoms with Crippen molar-refractivity contribution in [3.63, 3.8) is 0 Å². The number of benzene rings is 3. The minimum Gasteiger partial charge on any atom is -0.337 e. The topological polar surface area (TPSA) is 84.3 Å². The van der Waals surface area contributed by atoms with Crippen molar-refractivity contribution in [1.82, 2.24) is 14.3 Å². The Morgan fingerprint density at radius 3 is 2.55 bits per heavy atom. The van der Waals surface area contributed by atoms with E-state index in [-0.39, 0.29) is 22.8 Å². The van der Waals surface area contributed by atoms with Gasteiger partial charge in [-0.25, -0.2) is 18.1 Å². The molecule has 40 heavy (non-hydrogen) atoms. The standard InChI is InChI=1S/C32H36N4O3S/c1-23-12-16-28(17-13-23)40(38,39)34-30-11-7-10-26-14-15-27(21-29(26)30)36(22-31-33-18-19-35(31)3)32(37)20-24(2)25-8-5-4-6-9-25/h4-6,8-9,12-19,21,24,30,34H,7,10-11,20,22H2,1-3H3/t24-,30-/m1/s1. The molecule has 4 aromatic rings. The Morgan fingerprint density at radius 2 is 1.85 bits per heavy atom. The number of aryl methyl sites for hydroxylation is 3. The number of amides is 1. The summed E-state index contributed by atoms with van der Waals surface area (Å²) >= 11 is 0. The van der Waals surface area contributed by atoms with Gasteiger partial charge in [0.05, 0.1) is 11.4 Å². The Labute approximate surface area is 236 Å². The van der Waals surface area contributed by atoms with Crippen molar-refractivity contribution in [3.05, 3.63) is 113 Å². The van der Waals surface area contributed by atoms with Crippen LogP contribution in [0.5, 0.6) is 0 Å². The molecule has 7 nitrogen and oxygen atoms in total. The van der Waals surface area contributed by atoms with Gasteiger partial charge in [-0.05, 0) is 73.1 Å². The molecule has 0 fully saturated rings. The van der Waals surface area contributed by atoms with E-state index < -0.39 is 10.0 Å². The summed E-state index contributed by atoms with van der Waals surface area (Å²) < 4.78 is 31.4. The van der Waals surface area contributed by atoms with Gasteiger partial charge in [0.1, 0.15) is 5.82 Å². The van der Waals surface area contributed by atoms with Crippen molar-refractivity contribution in [1.29, 1.82) is 0 Å². The molecule has 1 amide bonds. The third-order valence-electron chi connectivity index (χ3n) is 7.76. The first kappa shape index (κ1) is 27.8. The van der Waals surface area contributed by atoms with Crippen molar-refractivity contribution >= 4 is 21.6 Å². The van der Waals surface area contributed by atoms with Crippen LogP contribution in [0.25, 0.3) is 0 Å². The summed E-state index contributed by atoms with van der Waals surface area (Å²) in [5, 5.41) is 0. The summed E-state index contributed by atoms with van der Waals surface area (Å²) in [6.45, 7) is 4.32. The molecule has 5 rings (SSSR count). The van der Waals surface area contributed by atoms with Crippen LogP contribution in [0.4, 0.5) is 5.69 Å². The maximum Gasteiger partial charge on any atom is 0.241 e. The van der Waals surface area contributed by atoms with E-state index in [0.29, 0.717) is 19.4 Å². The van der Waals surface area contributed by atoms with Crippen LogP contribution in [0.2, 0.25) is 0 Å². The van der Waals surface area contributed by atoms with E-state index in [4.69, 9.17) is 0 Å². The minimum absolute atomic E-state index is 0.00750. The van der Waals surface area contributed by atoms with E-state index in [1.165, 1.54) is 0 Å². The lowest BCUT2D eigenvalue weighted by molar-refractivity contribution is -0.119. The number of nitrogens with one attached hydrogen (secondary N) is 1. The first-order valence-electron chi connectivity index (χ1n) is 13.7. The maximum atomic E-state index is 13.8. The van der Waals surface area contributed by atoms with Crippen molar-refractivity contribution in [3.8, 4) is 0 Å². The number of sulfonamides is 1. The molecule has 1 aliphatic rings. The molecule has 0 spiro atoms. The second-order valence-electron chi connectivity index (χ2n) is 10.7. The molecule has 1 aliphatic carbocycles. The Kier molecular flexibility index (Phi) is 8.19. The highest BCUT2D eigenvalue weighted by Crippen LogP contribution is 2.35. The fourth-order valence-electron chi connectivity index (χ4n) is 5.33. The number of aromatic nitrogens is 2. The van der Waals surface area contributed by atoms with Gasteiger partial charge >= 0.3 is 0 Å². The van der Waals surface area contributed by atoms with Crippen LogP contribution in [-0.4, -0.2) is 23.9 Å². The van der Waals surface area contributed by atoms with Gasteiger partial charge in [0.15, 0.2) is 0 Å². The van der Waals surface area contributed by atoms with Gasteiger partial charge in [-0.2, -0.15) is 0 Å². The molecule has 1 aromatic heterocycles. The smallest absolute Gasteiger partial charge is 0.241 e. The van der Waals surface area contributed by atoms with E-state index in [0.717, 1.165) is 46.6 Å². The molecule has 0 saturated carbocycles. The molecule has 3 aromatic carbocycles. The molecule has 0 aliphatic heterocycles. The van der Waals surface area contributed by atoms with Gasteiger partial charge in [0.2, 0.25) is 15.9 Å². The lowest BCUT2D eigenvalue weighted by Crippen LogP contribution is -2.34. The molecule has 1 N–H and O–H groups in total. The van der Waals surface area contributed by atoms with Crippen LogP contribution in [0.1, 0.15) is 66.2 Å². The number of carbonyl (C=O) groups excluding carboxylic acids is 1. The lowest BCUT2D eigenvalue weighted by atomic mass is 9.87. The number of hydrogen-bond acceptors (Lipinski definition) is 4. The van der Waals surface area contributed by atoms with Gasteiger partial charge < -0.3 is 9.47 Å². The summed E-state index contributed by atoms with van der Waals surface area (Å²) in [7, 11) is -1.79. The Morgan fingerprint density at radius 1 is 1.10 bits per heavy atom. The van der Waals surface area contributed by atoms with Crippen LogP contribution in [0.15, 0.2) is 90.1 Å². The zero-order valence-electron chi connectivity index (χ0n) is 23.2. The second-order valence-corrected chi connectivity index (χ2v) is 12.4. The van der Waals surface area contributed by atoms with E-state index in [2.05, 4.69) is 16.6 Å². The summed E-state index contributed by atoms with van der Waals surface area (Å²) in [5.74, 6) is 0.811. The summed E-state index contributed by atoms with van der Waals surface area (Å²) in [4.78, 5) is 20.3. The van der Waals surface area contributed by atoms with Crippen molar-refractivity contribution in [2.75, 3.05) is 4.90 Å². The van der Waals surface area contributed by atoms with Gasteiger partial charge in [-0.3, -0.25) is 4.79 Å². The quantitative estimate of drug-likeness (QED) is 0.282. The number of nitrogens with zero attached hydrogens (tertiary/aromatic N) is 3. The van der Waals surface area contributed by atoms with Crippen LogP contribution in [-0.2, 0) is 34.8 Å². The van der Waals surface area contributed by atoms with Crippen LogP contribution in [0.3, 0.4) is 0 Å². The average Bonchev–Trinajstić information content (AvgIpc) is 3.36. The molecule has 0 radical (unpaired) electrons. The zero-order valence-corrected chi connectivity index (χ0v) is 24.1. The summed E-state index contributed by atoms with van der Waals surface area (Å²) in [5.41, 5.74) is 4.89. The van der Waals surface area contributed by atoms with E-state index >= 15 is 0 Å². The van der Waals surface area contributed by atoms with Gasteiger partial charge in [0.25, 0.3) is 0 Å². The molecule has 0 bridgehead atoms. The first-order valence-corrected chi connectivity index (χ1v) is 15.2. The zero-order chi connectivity index (χ0) is 28.3. The maximum absolute atomic E-state index is 13.8. The van der Waals surface area contributed by atoms with Gasteiger partial charge in [-0.1, -0.05) is 61.0 Å². The minimum atomic E-state index is -3.71. The van der Waals surface area contributed by atoms with Crippen molar-refractivity contribution in [2.45, 2.75) is 62.9 Å². The molecule has 0 unspecified atom stereocenters. The first-order chi connectivity index (χ1) is 19.2. The van der Waals surface area contributed by atoms with Crippen LogP contribution < -0.4 is 9.62 Å². The molecular weight excluding hydrogens is 520 g/mol. The third kappa shape index (κ3) is 6.18. The van der Waals surface area contributed by atoms with Crippen molar-refractivity contribution < 1.29 is 13.2 Å². The number of anilines is 1. The largest absolute Gasteiger partial charge is 0.337 e. The predicted octanol–water partition coefficient (Wildman–Crippen LogP) is 5.81. The fourth-order valence-corrected chi connectivity index (χ4v) is 6.58. The lowest BCUT2D eigenvalue weighted by Gasteiger charge is -2.30. The Bertz CT molecular complexity index is 1580. The van der Waals surface area contributed by atoms with E-state index in [1.807, 2.05) is 73.3 Å². The Balaban J connectivity index is 1.46. The molecule has 208 valence electrons. The summed E-state index contributed by atoms with van der Waals surface area (Å²) in [6, 6.07) is 22.6. The van der Waals surface area contributed by atoms with Crippen LogP contribution in [0, 0.1) is 6.92 Å². The third-order valence-corrected chi connectivity index (χ3v) is 9.24. The highest BCUT2D eigenvalue weighted by molar-refractivity contribution is 7.89. The molecular formula is C32H36N4O3S. The molecule has 8 heteroatoms. The molecule has 0 saturated heterocycles.